The molecule has 0 spiro atoms. The van der Waals surface area contributed by atoms with Crippen molar-refractivity contribution in [1.29, 1.82) is 0 Å². The van der Waals surface area contributed by atoms with Gasteiger partial charge in [-0.2, -0.15) is 0 Å². The summed E-state index contributed by atoms with van der Waals surface area (Å²) in [6.45, 7) is 10.6. The largest absolute Gasteiger partial charge is 0.393 e. The molecule has 4 aliphatic carbocycles. The molecule has 0 heterocycles. The van der Waals surface area contributed by atoms with Gasteiger partial charge in [0.25, 0.3) is 0 Å². The number of carbonyl (C=O) groups is 2. The van der Waals surface area contributed by atoms with Crippen molar-refractivity contribution in [2.45, 2.75) is 96.0 Å². The molecule has 0 radical (unpaired) electrons. The lowest BCUT2D eigenvalue weighted by molar-refractivity contribution is -0.178. The van der Waals surface area contributed by atoms with E-state index in [0.717, 1.165) is 25.7 Å². The third kappa shape index (κ3) is 3.26. The summed E-state index contributed by atoms with van der Waals surface area (Å²) in [6.07, 6.45) is 6.33. The number of hydrogen-bond acceptors (Lipinski definition) is 5. The molecule has 4 aliphatic rings. The highest BCUT2D eigenvalue weighted by atomic mass is 32.2. The molecule has 5 heteroatoms. The molecule has 3 unspecified atom stereocenters. The Bertz CT molecular complexity index is 783. The molecule has 3 fully saturated rings. The molecular weight excluding hydrogens is 396 g/mol. The number of carbonyl (C=O) groups excluding carboxylic acids is 2. The number of aliphatic hydroxyl groups is 2. The zero-order chi connectivity index (χ0) is 22.1. The molecule has 3 saturated carbocycles. The van der Waals surface area contributed by atoms with E-state index < -0.39 is 17.1 Å². The van der Waals surface area contributed by atoms with Gasteiger partial charge in [0.1, 0.15) is 5.60 Å². The van der Waals surface area contributed by atoms with Crippen LogP contribution in [0.25, 0.3) is 0 Å². The molecule has 0 bridgehead atoms. The van der Waals surface area contributed by atoms with E-state index >= 15 is 0 Å². The van der Waals surface area contributed by atoms with Crippen molar-refractivity contribution in [2.24, 2.45) is 28.6 Å². The quantitative estimate of drug-likeness (QED) is 0.692. The summed E-state index contributed by atoms with van der Waals surface area (Å²) < 4.78 is -0.0266. The molecule has 2 N–H and O–H groups in total. The average molecular weight is 435 g/mol. The lowest BCUT2D eigenvalue weighted by atomic mass is 9.45. The summed E-state index contributed by atoms with van der Waals surface area (Å²) in [5.41, 5.74) is -0.842. The van der Waals surface area contributed by atoms with Gasteiger partial charge >= 0.3 is 0 Å². The van der Waals surface area contributed by atoms with Gasteiger partial charge in [-0.25, -0.2) is 0 Å². The molecule has 0 aromatic carbocycles. The number of rotatable bonds is 3. The van der Waals surface area contributed by atoms with Gasteiger partial charge in [-0.3, -0.25) is 9.59 Å². The normalized spacial score (nSPS) is 46.0. The predicted molar refractivity (Wildman–Crippen MR) is 120 cm³/mol. The standard InChI is InChI=1S/C25H38O4S/c1-22(2,3)30-14-20(28)25(29)11-9-18-17-7-6-15-12-16(26)8-10-23(15,4)21(17)19(27)13-24(18,25)5/h12,17-19,21,27,29H,6-11,13-14H2,1-5H3/t17?,18?,19-,21?,23-,24-,25-/m0/s1. The molecule has 7 atom stereocenters. The van der Waals surface area contributed by atoms with Crippen molar-refractivity contribution in [3.05, 3.63) is 11.6 Å². The first-order valence-electron chi connectivity index (χ1n) is 11.6. The number of Topliss-reactive ketones (excluding diaryl/α,β-unsaturated/α-hetero) is 1. The number of allylic oxidation sites excluding steroid dienone is 1. The van der Waals surface area contributed by atoms with Crippen molar-refractivity contribution in [3.8, 4) is 0 Å². The Hall–Kier alpha value is -0.650. The zero-order valence-corrected chi connectivity index (χ0v) is 20.0. The van der Waals surface area contributed by atoms with Crippen LogP contribution < -0.4 is 0 Å². The van der Waals surface area contributed by atoms with E-state index in [2.05, 4.69) is 34.6 Å². The van der Waals surface area contributed by atoms with Crippen molar-refractivity contribution in [3.63, 3.8) is 0 Å². The zero-order valence-electron chi connectivity index (χ0n) is 19.2. The van der Waals surface area contributed by atoms with Crippen LogP contribution in [0.4, 0.5) is 0 Å². The number of hydrogen-bond donors (Lipinski definition) is 2. The summed E-state index contributed by atoms with van der Waals surface area (Å²) in [5.74, 6) is 1.13. The van der Waals surface area contributed by atoms with E-state index in [-0.39, 0.29) is 33.6 Å². The monoisotopic (exact) mass is 434 g/mol. The van der Waals surface area contributed by atoms with E-state index in [1.165, 1.54) is 5.57 Å². The molecule has 30 heavy (non-hydrogen) atoms. The van der Waals surface area contributed by atoms with Gasteiger partial charge in [0.05, 0.1) is 11.9 Å². The Morgan fingerprint density at radius 1 is 1.20 bits per heavy atom. The molecule has 0 aromatic heterocycles. The number of aliphatic hydroxyl groups excluding tert-OH is 1. The first-order valence-corrected chi connectivity index (χ1v) is 12.6. The highest BCUT2D eigenvalue weighted by Gasteiger charge is 2.68. The van der Waals surface area contributed by atoms with Crippen molar-refractivity contribution >= 4 is 23.3 Å². The van der Waals surface area contributed by atoms with E-state index in [9.17, 15) is 19.8 Å². The van der Waals surface area contributed by atoms with Crippen LogP contribution >= 0.6 is 11.8 Å². The number of thioether (sulfide) groups is 1. The Morgan fingerprint density at radius 2 is 1.90 bits per heavy atom. The Balaban J connectivity index is 1.63. The van der Waals surface area contributed by atoms with E-state index in [0.29, 0.717) is 30.9 Å². The lowest BCUT2D eigenvalue weighted by Gasteiger charge is -2.60. The summed E-state index contributed by atoms with van der Waals surface area (Å²) in [6, 6.07) is 0. The fourth-order valence-electron chi connectivity index (χ4n) is 7.55. The van der Waals surface area contributed by atoms with Gasteiger partial charge in [-0.1, -0.05) is 40.2 Å². The second kappa shape index (κ2) is 7.18. The molecule has 0 aliphatic heterocycles. The fourth-order valence-corrected chi connectivity index (χ4v) is 8.35. The van der Waals surface area contributed by atoms with Crippen LogP contribution in [0.1, 0.15) is 79.6 Å². The smallest absolute Gasteiger partial charge is 0.174 e. The van der Waals surface area contributed by atoms with Crippen molar-refractivity contribution in [1.82, 2.24) is 0 Å². The Kier molecular flexibility index (Phi) is 5.39. The summed E-state index contributed by atoms with van der Waals surface area (Å²) >= 11 is 1.59. The third-order valence-electron chi connectivity index (χ3n) is 9.15. The van der Waals surface area contributed by atoms with Crippen LogP contribution in [0, 0.1) is 28.6 Å². The first kappa shape index (κ1) is 22.5. The van der Waals surface area contributed by atoms with Crippen LogP contribution in [0.5, 0.6) is 0 Å². The SMILES string of the molecule is CC(C)(C)SCC(=O)[C@@]1(O)CCC2C3CCC4=CC(=O)CC[C@]4(C)C3[C@@H](O)C[C@@]21C. The van der Waals surface area contributed by atoms with E-state index in [1.807, 2.05) is 6.08 Å². The Morgan fingerprint density at radius 3 is 2.57 bits per heavy atom. The number of fused-ring (bicyclic) bond motifs is 5. The van der Waals surface area contributed by atoms with Gasteiger partial charge < -0.3 is 10.2 Å². The summed E-state index contributed by atoms with van der Waals surface area (Å²) in [7, 11) is 0. The maximum atomic E-state index is 13.3. The van der Waals surface area contributed by atoms with Crippen LogP contribution in [0.3, 0.4) is 0 Å². The highest BCUT2D eigenvalue weighted by molar-refractivity contribution is 8.01. The maximum Gasteiger partial charge on any atom is 0.174 e. The van der Waals surface area contributed by atoms with Crippen LogP contribution in [-0.4, -0.2) is 44.0 Å². The van der Waals surface area contributed by atoms with Gasteiger partial charge in [-0.05, 0) is 67.8 Å². The van der Waals surface area contributed by atoms with E-state index in [1.54, 1.807) is 11.8 Å². The molecule has 0 amide bonds. The lowest BCUT2D eigenvalue weighted by Crippen LogP contribution is -2.62. The minimum Gasteiger partial charge on any atom is -0.393 e. The second-order valence-electron chi connectivity index (χ2n) is 11.8. The van der Waals surface area contributed by atoms with Crippen LogP contribution in [0.2, 0.25) is 0 Å². The molecule has 4 nitrogen and oxygen atoms in total. The van der Waals surface area contributed by atoms with E-state index in [4.69, 9.17) is 0 Å². The van der Waals surface area contributed by atoms with Gasteiger partial charge in [-0.15, -0.1) is 11.8 Å². The topological polar surface area (TPSA) is 74.6 Å². The van der Waals surface area contributed by atoms with Gasteiger partial charge in [0, 0.05) is 16.6 Å². The van der Waals surface area contributed by atoms with Gasteiger partial charge in [0.2, 0.25) is 0 Å². The minimum atomic E-state index is -1.35. The summed E-state index contributed by atoms with van der Waals surface area (Å²) in [5, 5.41) is 23.1. The molecular formula is C25H38O4S. The maximum absolute atomic E-state index is 13.3. The predicted octanol–water partition coefficient (Wildman–Crippen LogP) is 4.32. The minimum absolute atomic E-state index is 0.0266. The van der Waals surface area contributed by atoms with Crippen molar-refractivity contribution in [2.75, 3.05) is 5.75 Å². The second-order valence-corrected chi connectivity index (χ2v) is 13.6. The fraction of sp³-hybridized carbons (Fsp3) is 0.840. The molecule has 4 rings (SSSR count). The Labute approximate surface area is 185 Å². The van der Waals surface area contributed by atoms with Crippen LogP contribution in [0.15, 0.2) is 11.6 Å². The molecule has 0 aromatic rings. The van der Waals surface area contributed by atoms with Crippen molar-refractivity contribution < 1.29 is 19.8 Å². The number of ketones is 2. The van der Waals surface area contributed by atoms with Gasteiger partial charge in [0.15, 0.2) is 11.6 Å². The highest BCUT2D eigenvalue weighted by Crippen LogP contribution is 2.67. The first-order chi connectivity index (χ1) is 13.8. The molecule has 168 valence electrons. The molecule has 0 saturated heterocycles. The summed E-state index contributed by atoms with van der Waals surface area (Å²) in [4.78, 5) is 25.3. The third-order valence-corrected chi connectivity index (χ3v) is 10.4. The van der Waals surface area contributed by atoms with Crippen LogP contribution in [-0.2, 0) is 9.59 Å². The average Bonchev–Trinajstić information content (AvgIpc) is 2.91.